The van der Waals surface area contributed by atoms with Crippen LogP contribution in [0.15, 0.2) is 4.47 Å². The molecule has 8 heteroatoms. The molecule has 0 saturated carbocycles. The van der Waals surface area contributed by atoms with Crippen molar-refractivity contribution in [1.82, 2.24) is 15.3 Å². The van der Waals surface area contributed by atoms with E-state index in [0.29, 0.717) is 41.0 Å². The standard InChI is InChI=1S/C15H17BrFN5O/c1-18-7-3-22(4-7)15-20-13-10(14(19-2)21-15)8-5-23-6-9(8)11(16)12(13)17/h7,18H,3-6H2,1-2H3,(H,19,20,21). The molecule has 0 spiro atoms. The summed E-state index contributed by atoms with van der Waals surface area (Å²) in [5, 5.41) is 7.01. The predicted octanol–water partition coefficient (Wildman–Crippen LogP) is 2.01. The van der Waals surface area contributed by atoms with Crippen molar-refractivity contribution in [3.8, 4) is 0 Å². The van der Waals surface area contributed by atoms with Gasteiger partial charge in [0.2, 0.25) is 5.95 Å². The molecule has 2 N–H and O–H groups in total. The van der Waals surface area contributed by atoms with Crippen molar-refractivity contribution in [3.05, 3.63) is 21.4 Å². The zero-order chi connectivity index (χ0) is 16.1. The Kier molecular flexibility index (Phi) is 3.62. The molecule has 2 aliphatic heterocycles. The molecule has 0 atom stereocenters. The van der Waals surface area contributed by atoms with Crippen LogP contribution in [-0.2, 0) is 18.0 Å². The van der Waals surface area contributed by atoms with Crippen LogP contribution in [0, 0.1) is 5.82 Å². The van der Waals surface area contributed by atoms with Gasteiger partial charge in [-0.05, 0) is 28.5 Å². The molecule has 2 aliphatic rings. The topological polar surface area (TPSA) is 62.3 Å². The molecule has 0 amide bonds. The van der Waals surface area contributed by atoms with Crippen LogP contribution in [0.4, 0.5) is 16.2 Å². The third kappa shape index (κ3) is 2.20. The largest absolute Gasteiger partial charge is 0.372 e. The van der Waals surface area contributed by atoms with Crippen molar-refractivity contribution in [2.75, 3.05) is 37.4 Å². The minimum atomic E-state index is -0.352. The van der Waals surface area contributed by atoms with Crippen LogP contribution < -0.4 is 15.5 Å². The molecular weight excluding hydrogens is 365 g/mol. The number of anilines is 2. The first-order valence-electron chi connectivity index (χ1n) is 7.52. The highest BCUT2D eigenvalue weighted by atomic mass is 79.9. The summed E-state index contributed by atoms with van der Waals surface area (Å²) in [6.45, 7) is 2.50. The minimum Gasteiger partial charge on any atom is -0.372 e. The van der Waals surface area contributed by atoms with Gasteiger partial charge in [0.25, 0.3) is 0 Å². The lowest BCUT2D eigenvalue weighted by Gasteiger charge is -2.39. The molecule has 0 bridgehead atoms. The zero-order valence-corrected chi connectivity index (χ0v) is 14.5. The van der Waals surface area contributed by atoms with Crippen LogP contribution in [0.3, 0.4) is 0 Å². The molecule has 122 valence electrons. The van der Waals surface area contributed by atoms with Gasteiger partial charge in [-0.3, -0.25) is 0 Å². The van der Waals surface area contributed by atoms with Crippen LogP contribution in [0.25, 0.3) is 10.9 Å². The molecule has 0 aliphatic carbocycles. The van der Waals surface area contributed by atoms with Gasteiger partial charge < -0.3 is 20.3 Å². The molecule has 0 unspecified atom stereocenters. The Balaban J connectivity index is 1.91. The number of rotatable bonds is 3. The molecule has 3 heterocycles. The van der Waals surface area contributed by atoms with E-state index in [1.165, 1.54) is 0 Å². The fourth-order valence-corrected chi connectivity index (χ4v) is 3.67. The maximum absolute atomic E-state index is 14.8. The number of likely N-dealkylation sites (N-methyl/N-ethyl adjacent to an activating group) is 1. The van der Waals surface area contributed by atoms with Gasteiger partial charge in [0.1, 0.15) is 11.3 Å². The molecule has 1 fully saturated rings. The molecule has 2 aromatic rings. The van der Waals surface area contributed by atoms with Gasteiger partial charge in [0, 0.05) is 31.7 Å². The number of nitrogens with zero attached hydrogens (tertiary/aromatic N) is 3. The van der Waals surface area contributed by atoms with E-state index < -0.39 is 0 Å². The zero-order valence-electron chi connectivity index (χ0n) is 12.9. The number of hydrogen-bond acceptors (Lipinski definition) is 6. The van der Waals surface area contributed by atoms with Crippen LogP contribution in [0.2, 0.25) is 0 Å². The normalized spacial score (nSPS) is 17.5. The van der Waals surface area contributed by atoms with Crippen molar-refractivity contribution in [2.24, 2.45) is 0 Å². The molecule has 1 aromatic heterocycles. The maximum Gasteiger partial charge on any atom is 0.228 e. The summed E-state index contributed by atoms with van der Waals surface area (Å²) in [5.41, 5.74) is 2.14. The highest BCUT2D eigenvalue weighted by molar-refractivity contribution is 9.10. The second-order valence-electron chi connectivity index (χ2n) is 5.81. The average molecular weight is 382 g/mol. The minimum absolute atomic E-state index is 0.336. The van der Waals surface area contributed by atoms with Gasteiger partial charge in [-0.15, -0.1) is 0 Å². The third-order valence-corrected chi connectivity index (χ3v) is 5.36. The monoisotopic (exact) mass is 381 g/mol. The molecule has 6 nitrogen and oxygen atoms in total. The number of halogens is 2. The van der Waals surface area contributed by atoms with Crippen molar-refractivity contribution in [3.63, 3.8) is 0 Å². The Morgan fingerprint density at radius 1 is 1.22 bits per heavy atom. The number of benzene rings is 1. The summed E-state index contributed by atoms with van der Waals surface area (Å²) in [7, 11) is 3.72. The number of fused-ring (bicyclic) bond motifs is 3. The Hall–Kier alpha value is -1.51. The summed E-state index contributed by atoms with van der Waals surface area (Å²) >= 11 is 3.35. The van der Waals surface area contributed by atoms with Gasteiger partial charge in [-0.1, -0.05) is 0 Å². The van der Waals surface area contributed by atoms with E-state index in [0.717, 1.165) is 29.6 Å². The van der Waals surface area contributed by atoms with E-state index in [-0.39, 0.29) is 5.82 Å². The molecule has 23 heavy (non-hydrogen) atoms. The van der Waals surface area contributed by atoms with Crippen LogP contribution >= 0.6 is 15.9 Å². The predicted molar refractivity (Wildman–Crippen MR) is 90.3 cm³/mol. The fraction of sp³-hybridized carbons (Fsp3) is 0.467. The van der Waals surface area contributed by atoms with Crippen LogP contribution in [0.5, 0.6) is 0 Å². The van der Waals surface area contributed by atoms with E-state index >= 15 is 0 Å². The van der Waals surface area contributed by atoms with Crippen LogP contribution in [-0.4, -0.2) is 43.2 Å². The van der Waals surface area contributed by atoms with Gasteiger partial charge in [-0.2, -0.15) is 4.98 Å². The van der Waals surface area contributed by atoms with E-state index in [2.05, 4.69) is 36.5 Å². The molecule has 1 saturated heterocycles. The van der Waals surface area contributed by atoms with E-state index in [9.17, 15) is 4.39 Å². The summed E-state index contributed by atoms with van der Waals surface area (Å²) in [6, 6.07) is 0.428. The van der Waals surface area contributed by atoms with Crippen molar-refractivity contribution in [1.29, 1.82) is 0 Å². The smallest absolute Gasteiger partial charge is 0.228 e. The van der Waals surface area contributed by atoms with Gasteiger partial charge in [0.05, 0.1) is 23.1 Å². The van der Waals surface area contributed by atoms with E-state index in [1.807, 2.05) is 11.9 Å². The first kappa shape index (κ1) is 15.0. The fourth-order valence-electron chi connectivity index (χ4n) is 3.13. The Morgan fingerprint density at radius 3 is 2.65 bits per heavy atom. The molecular formula is C15H17BrFN5O. The number of ether oxygens (including phenoxy) is 1. The molecule has 4 rings (SSSR count). The second-order valence-corrected chi connectivity index (χ2v) is 6.61. The number of aromatic nitrogens is 2. The quantitative estimate of drug-likeness (QED) is 0.847. The van der Waals surface area contributed by atoms with Crippen molar-refractivity contribution >= 4 is 38.6 Å². The first-order valence-corrected chi connectivity index (χ1v) is 8.31. The lowest BCUT2D eigenvalue weighted by atomic mass is 10.0. The maximum atomic E-state index is 14.8. The average Bonchev–Trinajstić information content (AvgIpc) is 3.00. The summed E-state index contributed by atoms with van der Waals surface area (Å²) < 4.78 is 20.8. The van der Waals surface area contributed by atoms with Gasteiger partial charge in [0.15, 0.2) is 5.82 Å². The molecule has 1 aromatic carbocycles. The molecule has 0 radical (unpaired) electrons. The van der Waals surface area contributed by atoms with Crippen molar-refractivity contribution in [2.45, 2.75) is 19.3 Å². The number of hydrogen-bond donors (Lipinski definition) is 2. The van der Waals surface area contributed by atoms with Crippen molar-refractivity contribution < 1.29 is 9.13 Å². The second kappa shape index (κ2) is 5.54. The number of nitrogens with one attached hydrogen (secondary N) is 2. The van der Waals surface area contributed by atoms with Crippen LogP contribution in [0.1, 0.15) is 11.1 Å². The highest BCUT2D eigenvalue weighted by Gasteiger charge is 2.30. The summed E-state index contributed by atoms with van der Waals surface area (Å²) in [5.74, 6) is 0.846. The summed E-state index contributed by atoms with van der Waals surface area (Å²) in [4.78, 5) is 11.1. The van der Waals surface area contributed by atoms with Gasteiger partial charge >= 0.3 is 0 Å². The highest BCUT2D eigenvalue weighted by Crippen LogP contribution is 2.40. The Labute approximate surface area is 141 Å². The Morgan fingerprint density at radius 2 is 1.96 bits per heavy atom. The summed E-state index contributed by atoms with van der Waals surface area (Å²) in [6.07, 6.45) is 0. The SMILES string of the molecule is CNc1nc(N2CC(NC)C2)nc2c(F)c(Br)c3c(c12)COC3. The lowest BCUT2D eigenvalue weighted by Crippen LogP contribution is -2.57. The lowest BCUT2D eigenvalue weighted by molar-refractivity contribution is 0.134. The van der Waals surface area contributed by atoms with E-state index in [1.54, 1.807) is 7.05 Å². The van der Waals surface area contributed by atoms with Gasteiger partial charge in [-0.25, -0.2) is 9.37 Å². The van der Waals surface area contributed by atoms with E-state index in [4.69, 9.17) is 4.74 Å². The first-order chi connectivity index (χ1) is 11.1. The third-order valence-electron chi connectivity index (χ3n) is 4.53. The Bertz CT molecular complexity index is 794.